The van der Waals surface area contributed by atoms with Crippen LogP contribution >= 0.6 is 0 Å². The minimum atomic E-state index is -0.502. The molecule has 0 unspecified atom stereocenters. The Bertz CT molecular complexity index is 482. The molecule has 0 bridgehead atoms. The molecule has 2 aromatic rings. The van der Waals surface area contributed by atoms with Gasteiger partial charge in [-0.15, -0.1) is 0 Å². The average Bonchev–Trinajstić information content (AvgIpc) is 2.42. The molecule has 0 saturated carbocycles. The number of nitrogens with zero attached hydrogens (tertiary/aromatic N) is 1. The second-order valence-corrected chi connectivity index (χ2v) is 3.76. The molecule has 4 heteroatoms. The number of hydrogen-bond donors (Lipinski definition) is 0. The molecule has 0 spiro atoms. The maximum atomic E-state index is 12.6. The summed E-state index contributed by atoms with van der Waals surface area (Å²) in [6.45, 7) is 0.527. The fourth-order valence-corrected chi connectivity index (χ4v) is 1.53. The van der Waals surface area contributed by atoms with E-state index in [-0.39, 0.29) is 0 Å². The highest BCUT2D eigenvalue weighted by Gasteiger charge is 1.98. The van der Waals surface area contributed by atoms with Crippen molar-refractivity contribution in [3.8, 4) is 11.5 Å². The molecule has 1 heterocycles. The number of pyridine rings is 1. The molecule has 1 aromatic heterocycles. The Morgan fingerprint density at radius 2 is 1.78 bits per heavy atom. The van der Waals surface area contributed by atoms with Crippen molar-refractivity contribution >= 4 is 0 Å². The van der Waals surface area contributed by atoms with E-state index in [1.807, 2.05) is 24.3 Å². The average molecular weight is 247 g/mol. The second kappa shape index (κ2) is 6.00. The molecule has 0 saturated heterocycles. The molecule has 94 valence electrons. The lowest BCUT2D eigenvalue weighted by atomic mass is 10.1. The fraction of sp³-hybridized carbons (Fsp3) is 0.214. The standard InChI is InChI=1S/C14H14FNO2/c1-17-12-4-2-11(3-5-12)8-9-18-13-6-7-14(15)16-10-13/h2-7,10H,8-9H2,1H3. The van der Waals surface area contributed by atoms with E-state index >= 15 is 0 Å². The van der Waals surface area contributed by atoms with Gasteiger partial charge in [0.15, 0.2) is 0 Å². The summed E-state index contributed by atoms with van der Waals surface area (Å²) in [5.41, 5.74) is 1.16. The molecule has 18 heavy (non-hydrogen) atoms. The van der Waals surface area contributed by atoms with Crippen molar-refractivity contribution < 1.29 is 13.9 Å². The number of methoxy groups -OCH3 is 1. The predicted octanol–water partition coefficient (Wildman–Crippen LogP) is 2.85. The van der Waals surface area contributed by atoms with Crippen LogP contribution in [0.5, 0.6) is 11.5 Å². The zero-order chi connectivity index (χ0) is 12.8. The molecule has 0 atom stereocenters. The number of ether oxygens (including phenoxy) is 2. The van der Waals surface area contributed by atoms with Crippen LogP contribution in [0.1, 0.15) is 5.56 Å². The van der Waals surface area contributed by atoms with Gasteiger partial charge < -0.3 is 9.47 Å². The number of rotatable bonds is 5. The number of aromatic nitrogens is 1. The molecule has 1 aromatic carbocycles. The molecule has 0 N–H and O–H groups in total. The molecule has 3 nitrogen and oxygen atoms in total. The molecule has 0 aliphatic carbocycles. The normalized spacial score (nSPS) is 10.1. The van der Waals surface area contributed by atoms with Crippen LogP contribution in [0, 0.1) is 5.95 Å². The van der Waals surface area contributed by atoms with Gasteiger partial charge in [0.25, 0.3) is 0 Å². The van der Waals surface area contributed by atoms with Crippen LogP contribution in [-0.4, -0.2) is 18.7 Å². The van der Waals surface area contributed by atoms with E-state index in [1.54, 1.807) is 13.2 Å². The topological polar surface area (TPSA) is 31.4 Å². The van der Waals surface area contributed by atoms with E-state index in [0.717, 1.165) is 17.7 Å². The number of hydrogen-bond acceptors (Lipinski definition) is 3. The molecule has 2 rings (SSSR count). The number of halogens is 1. The quantitative estimate of drug-likeness (QED) is 0.761. The van der Waals surface area contributed by atoms with Gasteiger partial charge in [-0.1, -0.05) is 12.1 Å². The SMILES string of the molecule is COc1ccc(CCOc2ccc(F)nc2)cc1. The van der Waals surface area contributed by atoms with Gasteiger partial charge in [-0.3, -0.25) is 0 Å². The Morgan fingerprint density at radius 1 is 1.06 bits per heavy atom. The van der Waals surface area contributed by atoms with Gasteiger partial charge in [-0.25, -0.2) is 4.98 Å². The predicted molar refractivity (Wildman–Crippen MR) is 66.4 cm³/mol. The van der Waals surface area contributed by atoms with Crippen molar-refractivity contribution in [1.82, 2.24) is 4.98 Å². The second-order valence-electron chi connectivity index (χ2n) is 3.76. The third-order valence-electron chi connectivity index (χ3n) is 2.52. The highest BCUT2D eigenvalue weighted by atomic mass is 19.1. The van der Waals surface area contributed by atoms with Crippen LogP contribution in [0.2, 0.25) is 0 Å². The lowest BCUT2D eigenvalue weighted by molar-refractivity contribution is 0.319. The van der Waals surface area contributed by atoms with Gasteiger partial charge >= 0.3 is 0 Å². The first kappa shape index (κ1) is 12.4. The Kier molecular flexibility index (Phi) is 4.12. The third kappa shape index (κ3) is 3.45. The van der Waals surface area contributed by atoms with Crippen LogP contribution in [0.15, 0.2) is 42.6 Å². The maximum absolute atomic E-state index is 12.6. The van der Waals surface area contributed by atoms with Gasteiger partial charge in [0.05, 0.1) is 19.9 Å². The van der Waals surface area contributed by atoms with Gasteiger partial charge in [-0.2, -0.15) is 4.39 Å². The lowest BCUT2D eigenvalue weighted by Crippen LogP contribution is -2.01. The smallest absolute Gasteiger partial charge is 0.213 e. The van der Waals surface area contributed by atoms with Crippen molar-refractivity contribution in [2.45, 2.75) is 6.42 Å². The highest BCUT2D eigenvalue weighted by Crippen LogP contribution is 2.13. The third-order valence-corrected chi connectivity index (χ3v) is 2.52. The van der Waals surface area contributed by atoms with Gasteiger partial charge in [0.1, 0.15) is 11.5 Å². The first-order valence-corrected chi connectivity index (χ1v) is 5.65. The van der Waals surface area contributed by atoms with Gasteiger partial charge in [0, 0.05) is 6.42 Å². The number of benzene rings is 1. The Morgan fingerprint density at radius 3 is 2.39 bits per heavy atom. The Labute approximate surface area is 105 Å². The van der Waals surface area contributed by atoms with Crippen molar-refractivity contribution in [1.29, 1.82) is 0 Å². The summed E-state index contributed by atoms with van der Waals surface area (Å²) in [5.74, 6) is 0.907. The van der Waals surface area contributed by atoms with Crippen LogP contribution < -0.4 is 9.47 Å². The van der Waals surface area contributed by atoms with Crippen molar-refractivity contribution in [3.05, 3.63) is 54.1 Å². The zero-order valence-corrected chi connectivity index (χ0v) is 10.1. The van der Waals surface area contributed by atoms with Crippen LogP contribution in [-0.2, 0) is 6.42 Å². The van der Waals surface area contributed by atoms with E-state index < -0.39 is 5.95 Å². The molecule has 0 aliphatic heterocycles. The van der Waals surface area contributed by atoms with Gasteiger partial charge in [0.2, 0.25) is 5.95 Å². The minimum Gasteiger partial charge on any atom is -0.497 e. The molecule has 0 aliphatic rings. The summed E-state index contributed by atoms with van der Waals surface area (Å²) in [5, 5.41) is 0. The Balaban J connectivity index is 1.82. The molecule has 0 radical (unpaired) electrons. The van der Waals surface area contributed by atoms with E-state index in [9.17, 15) is 4.39 Å². The molecular formula is C14H14FNO2. The van der Waals surface area contributed by atoms with Crippen molar-refractivity contribution in [3.63, 3.8) is 0 Å². The molecule has 0 fully saturated rings. The summed E-state index contributed by atoms with van der Waals surface area (Å²) in [6, 6.07) is 10.7. The van der Waals surface area contributed by atoms with E-state index in [0.29, 0.717) is 12.4 Å². The summed E-state index contributed by atoms with van der Waals surface area (Å²) in [7, 11) is 1.64. The van der Waals surface area contributed by atoms with Gasteiger partial charge in [-0.05, 0) is 29.8 Å². The minimum absolute atomic E-state index is 0.502. The van der Waals surface area contributed by atoms with E-state index in [4.69, 9.17) is 9.47 Å². The van der Waals surface area contributed by atoms with E-state index in [1.165, 1.54) is 12.3 Å². The highest BCUT2D eigenvalue weighted by molar-refractivity contribution is 5.27. The zero-order valence-electron chi connectivity index (χ0n) is 10.1. The summed E-state index contributed by atoms with van der Waals surface area (Å²) < 4.78 is 23.1. The van der Waals surface area contributed by atoms with Crippen LogP contribution in [0.25, 0.3) is 0 Å². The fourth-order valence-electron chi connectivity index (χ4n) is 1.53. The van der Waals surface area contributed by atoms with Crippen LogP contribution in [0.3, 0.4) is 0 Å². The molecule has 0 amide bonds. The maximum Gasteiger partial charge on any atom is 0.213 e. The first-order valence-electron chi connectivity index (χ1n) is 5.65. The lowest BCUT2D eigenvalue weighted by Gasteiger charge is -2.06. The summed E-state index contributed by atoms with van der Waals surface area (Å²) in [4.78, 5) is 3.52. The van der Waals surface area contributed by atoms with Crippen LogP contribution in [0.4, 0.5) is 4.39 Å². The van der Waals surface area contributed by atoms with E-state index in [2.05, 4.69) is 4.98 Å². The van der Waals surface area contributed by atoms with Crippen molar-refractivity contribution in [2.75, 3.05) is 13.7 Å². The Hall–Kier alpha value is -2.10. The first-order chi connectivity index (χ1) is 8.78. The summed E-state index contributed by atoms with van der Waals surface area (Å²) in [6.07, 6.45) is 2.16. The monoisotopic (exact) mass is 247 g/mol. The summed E-state index contributed by atoms with van der Waals surface area (Å²) >= 11 is 0. The largest absolute Gasteiger partial charge is 0.497 e. The molecular weight excluding hydrogens is 233 g/mol. The van der Waals surface area contributed by atoms with Crippen molar-refractivity contribution in [2.24, 2.45) is 0 Å².